The van der Waals surface area contributed by atoms with E-state index in [0.717, 1.165) is 16.7 Å². The van der Waals surface area contributed by atoms with Gasteiger partial charge in [-0.3, -0.25) is 4.57 Å². The molecule has 4 heterocycles. The molecule has 5 atom stereocenters. The Kier molecular flexibility index (Phi) is 14.8. The van der Waals surface area contributed by atoms with Crippen LogP contribution in [0.1, 0.15) is 112 Å². The number of aromatic nitrogens is 4. The van der Waals surface area contributed by atoms with Crippen LogP contribution in [0.4, 0.5) is 15.4 Å². The number of aliphatic hydroxyl groups excluding tert-OH is 1. The minimum absolute atomic E-state index is 0.0176. The molecule has 2 aliphatic rings. The topological polar surface area (TPSA) is 195 Å². The summed E-state index contributed by atoms with van der Waals surface area (Å²) in [5.74, 6) is -0.709. The van der Waals surface area contributed by atoms with Gasteiger partial charge < -0.3 is 43.6 Å². The van der Waals surface area contributed by atoms with Crippen LogP contribution in [0.25, 0.3) is 11.2 Å². The molecule has 0 aliphatic carbocycles. The van der Waals surface area contributed by atoms with E-state index < -0.39 is 83.5 Å². The van der Waals surface area contributed by atoms with Crippen molar-refractivity contribution in [2.24, 2.45) is 0 Å². The molecular weight excluding hydrogens is 897 g/mol. The van der Waals surface area contributed by atoms with E-state index >= 15 is 0 Å². The molecule has 70 heavy (non-hydrogen) atoms. The summed E-state index contributed by atoms with van der Waals surface area (Å²) in [5.41, 5.74) is 0.197. The lowest BCUT2D eigenvalue weighted by Gasteiger charge is -2.37. The molecule has 374 valence electrons. The minimum atomic E-state index is -1.50. The van der Waals surface area contributed by atoms with Gasteiger partial charge >= 0.3 is 18.2 Å². The zero-order valence-corrected chi connectivity index (χ0v) is 42.1. The maximum atomic E-state index is 14.0. The summed E-state index contributed by atoms with van der Waals surface area (Å²) < 4.78 is 44.1. The number of carbonyl (C=O) groups is 3. The monoisotopic (exact) mass is 962 g/mol. The van der Waals surface area contributed by atoms with E-state index in [1.807, 2.05) is 74.5 Å². The highest BCUT2D eigenvalue weighted by molar-refractivity contribution is 5.94. The second kappa shape index (κ2) is 20.1. The quantitative estimate of drug-likeness (QED) is 0.0462. The molecule has 2 saturated heterocycles. The van der Waals surface area contributed by atoms with Crippen molar-refractivity contribution in [3.05, 3.63) is 126 Å². The molecule has 17 nitrogen and oxygen atoms in total. The van der Waals surface area contributed by atoms with Gasteiger partial charge in [-0.1, -0.05) is 78.9 Å². The average molecular weight is 963 g/mol. The zero-order valence-electron chi connectivity index (χ0n) is 42.1. The van der Waals surface area contributed by atoms with Gasteiger partial charge in [0.15, 0.2) is 29.0 Å². The number of benzene rings is 3. The summed E-state index contributed by atoms with van der Waals surface area (Å²) in [5, 5.41) is 14.7. The predicted octanol–water partition coefficient (Wildman–Crippen LogP) is 9.24. The molecule has 3 aromatic carbocycles. The minimum Gasteiger partial charge on any atom is -0.497 e. The van der Waals surface area contributed by atoms with E-state index in [1.165, 1.54) is 6.33 Å². The van der Waals surface area contributed by atoms with Crippen LogP contribution in [0.5, 0.6) is 5.75 Å². The van der Waals surface area contributed by atoms with E-state index in [9.17, 15) is 19.5 Å². The molecule has 0 spiro atoms. The largest absolute Gasteiger partial charge is 0.497 e. The highest BCUT2D eigenvalue weighted by atomic mass is 16.8. The summed E-state index contributed by atoms with van der Waals surface area (Å²) in [7, 11) is 1.63. The normalized spacial score (nSPS) is 19.8. The van der Waals surface area contributed by atoms with Crippen LogP contribution in [0.15, 0.2) is 109 Å². The molecule has 5 aromatic rings. The number of amides is 2. The Bertz CT molecular complexity index is 2580. The molecule has 2 amide bonds. The van der Waals surface area contributed by atoms with Gasteiger partial charge in [0.2, 0.25) is 0 Å². The first-order chi connectivity index (χ1) is 32.9. The van der Waals surface area contributed by atoms with Crippen molar-refractivity contribution in [2.75, 3.05) is 19.0 Å². The molecule has 2 aliphatic heterocycles. The van der Waals surface area contributed by atoms with Crippen LogP contribution in [0, 0.1) is 0 Å². The number of nitrogens with one attached hydrogen (secondary N) is 1. The Morgan fingerprint density at radius 2 is 1.31 bits per heavy atom. The fourth-order valence-corrected chi connectivity index (χ4v) is 8.65. The standard InChI is InChI=1S/C53H66N6O11/c1-49(2,3)68-46(61)38(59(47(62)69-50(4,5)6)48(63)70-51(7,8)9)28-23-33(30-60)29-39-41-42(67-52(10,11)66-41)45(65-39)58-32-56-40-43(54-31-55-44(40)58)57-53(34-19-15-13-16-20-34,35-21-17-14-18-22-35)36-24-26-37(64-12)27-25-36/h13-22,24-27,29,31-32,38-39,41-42,45,60H,23,28,30H2,1-12H3,(H,54,55,57)/t38?,39-,41-,42-,45-/m1/s1. The van der Waals surface area contributed by atoms with E-state index in [0.29, 0.717) is 33.2 Å². The summed E-state index contributed by atoms with van der Waals surface area (Å²) in [6.07, 6.45) is -0.428. The Morgan fingerprint density at radius 3 is 1.84 bits per heavy atom. The van der Waals surface area contributed by atoms with E-state index in [-0.39, 0.29) is 12.8 Å². The number of carbonyl (C=O) groups excluding carboxylic acids is 3. The molecule has 2 fully saturated rings. The molecule has 7 rings (SSSR count). The fraction of sp³-hybridized carbons (Fsp3) is 0.472. The van der Waals surface area contributed by atoms with Crippen molar-refractivity contribution in [2.45, 2.75) is 148 Å². The number of ether oxygens (including phenoxy) is 7. The SMILES string of the molecule is COc1ccc(C(Nc2ncnc3c2ncn3[C@@H]2O[C@H](C=C(CO)CCC(C(=O)OC(C)(C)C)N(C(=O)OC(C)(C)C)C(=O)OC(C)(C)C)[C@H]3OC(C)(C)O[C@H]32)(c2ccccc2)c2ccccc2)cc1. The lowest BCUT2D eigenvalue weighted by molar-refractivity contribution is -0.191. The average Bonchev–Trinajstić information content (AvgIpc) is 3.96. The Balaban J connectivity index is 1.23. The van der Waals surface area contributed by atoms with Crippen LogP contribution >= 0.6 is 0 Å². The van der Waals surface area contributed by atoms with Crippen LogP contribution in [-0.2, 0) is 38.8 Å². The van der Waals surface area contributed by atoms with Crippen molar-refractivity contribution < 1.29 is 52.6 Å². The molecule has 2 N–H and O–H groups in total. The van der Waals surface area contributed by atoms with Crippen molar-refractivity contribution in [3.63, 3.8) is 0 Å². The number of esters is 1. The lowest BCUT2D eigenvalue weighted by atomic mass is 9.77. The van der Waals surface area contributed by atoms with Gasteiger partial charge in [-0.25, -0.2) is 29.3 Å². The van der Waals surface area contributed by atoms with Gasteiger partial charge in [0.1, 0.15) is 58.8 Å². The van der Waals surface area contributed by atoms with Gasteiger partial charge in [0.05, 0.1) is 20.0 Å². The number of aliphatic hydroxyl groups is 1. The van der Waals surface area contributed by atoms with Crippen molar-refractivity contribution in [1.29, 1.82) is 0 Å². The molecular formula is C53H66N6O11. The van der Waals surface area contributed by atoms with E-state index in [2.05, 4.69) is 29.6 Å². The molecule has 0 saturated carbocycles. The van der Waals surface area contributed by atoms with E-state index in [4.69, 9.17) is 48.1 Å². The highest BCUT2D eigenvalue weighted by Gasteiger charge is 2.56. The number of imidazole rings is 1. The number of methoxy groups -OCH3 is 1. The molecule has 0 bridgehead atoms. The highest BCUT2D eigenvalue weighted by Crippen LogP contribution is 2.46. The van der Waals surface area contributed by atoms with Gasteiger partial charge in [0, 0.05) is 0 Å². The number of nitrogens with zero attached hydrogens (tertiary/aromatic N) is 5. The Hall–Kier alpha value is -6.40. The van der Waals surface area contributed by atoms with Gasteiger partial charge in [-0.05, 0) is 123 Å². The van der Waals surface area contributed by atoms with Crippen LogP contribution in [0.3, 0.4) is 0 Å². The third-order valence-electron chi connectivity index (χ3n) is 11.5. The zero-order chi connectivity index (χ0) is 50.8. The Labute approximate surface area is 409 Å². The third-order valence-corrected chi connectivity index (χ3v) is 11.5. The summed E-state index contributed by atoms with van der Waals surface area (Å²) in [6.45, 7) is 18.1. The number of anilines is 1. The van der Waals surface area contributed by atoms with Crippen LogP contribution < -0.4 is 10.1 Å². The van der Waals surface area contributed by atoms with Gasteiger partial charge in [-0.2, -0.15) is 4.90 Å². The number of imide groups is 1. The summed E-state index contributed by atoms with van der Waals surface area (Å²) in [4.78, 5) is 56.6. The first-order valence-electron chi connectivity index (χ1n) is 23.4. The van der Waals surface area contributed by atoms with Crippen molar-refractivity contribution in [3.8, 4) is 5.75 Å². The summed E-state index contributed by atoms with van der Waals surface area (Å²) >= 11 is 0. The first kappa shape index (κ1) is 51.5. The smallest absolute Gasteiger partial charge is 0.420 e. The van der Waals surface area contributed by atoms with E-state index in [1.54, 1.807) is 86.4 Å². The molecule has 1 unspecified atom stereocenters. The summed E-state index contributed by atoms with van der Waals surface area (Å²) in [6, 6.07) is 26.6. The number of fused-ring (bicyclic) bond motifs is 2. The maximum absolute atomic E-state index is 14.0. The molecule has 17 heteroatoms. The molecule has 0 radical (unpaired) electrons. The fourth-order valence-electron chi connectivity index (χ4n) is 8.65. The van der Waals surface area contributed by atoms with Gasteiger partial charge in [0.25, 0.3) is 0 Å². The maximum Gasteiger partial charge on any atom is 0.420 e. The molecule has 2 aromatic heterocycles. The second-order valence-electron chi connectivity index (χ2n) is 20.8. The van der Waals surface area contributed by atoms with Crippen LogP contribution in [-0.4, -0.2) is 108 Å². The number of rotatable bonds is 14. The number of hydrogen-bond acceptors (Lipinski definition) is 15. The lowest BCUT2D eigenvalue weighted by Crippen LogP contribution is -2.53. The first-order valence-corrected chi connectivity index (χ1v) is 23.4. The van der Waals surface area contributed by atoms with Crippen LogP contribution in [0.2, 0.25) is 0 Å². The van der Waals surface area contributed by atoms with Crippen molar-refractivity contribution in [1.82, 2.24) is 24.4 Å². The predicted molar refractivity (Wildman–Crippen MR) is 261 cm³/mol. The van der Waals surface area contributed by atoms with Gasteiger partial charge in [-0.15, -0.1) is 0 Å². The van der Waals surface area contributed by atoms with Crippen molar-refractivity contribution >= 4 is 35.1 Å². The number of hydrogen-bond donors (Lipinski definition) is 2. The second-order valence-corrected chi connectivity index (χ2v) is 20.8. The third kappa shape index (κ3) is 11.6. The Morgan fingerprint density at radius 1 is 0.771 bits per heavy atom.